The molecule has 1 aliphatic carbocycles. The maximum Gasteiger partial charge on any atom is 0.416 e. The second-order valence-electron chi connectivity index (χ2n) is 7.93. The average molecular weight is 524 g/mol. The molecule has 1 saturated carbocycles. The van der Waals surface area contributed by atoms with Crippen LogP contribution in [0.3, 0.4) is 0 Å². The molecular formula is C21H21ClF3NO5S2. The number of hydrogen-bond acceptors (Lipinski definition) is 5. The van der Waals surface area contributed by atoms with Crippen LogP contribution >= 0.6 is 11.6 Å². The smallest absolute Gasteiger partial charge is 0.349 e. The van der Waals surface area contributed by atoms with Crippen molar-refractivity contribution in [3.05, 3.63) is 58.6 Å². The van der Waals surface area contributed by atoms with Gasteiger partial charge in [-0.15, -0.1) is 0 Å². The van der Waals surface area contributed by atoms with Gasteiger partial charge in [0.1, 0.15) is 0 Å². The highest BCUT2D eigenvalue weighted by Crippen LogP contribution is 2.34. The molecule has 1 amide bonds. The molecule has 3 rings (SSSR count). The summed E-state index contributed by atoms with van der Waals surface area (Å²) in [5.74, 6) is -0.524. The highest BCUT2D eigenvalue weighted by Gasteiger charge is 2.35. The van der Waals surface area contributed by atoms with Gasteiger partial charge in [-0.3, -0.25) is 4.79 Å². The van der Waals surface area contributed by atoms with Crippen LogP contribution in [0.4, 0.5) is 13.2 Å². The van der Waals surface area contributed by atoms with Gasteiger partial charge < -0.3 is 5.32 Å². The highest BCUT2D eigenvalue weighted by molar-refractivity contribution is 7.92. The van der Waals surface area contributed by atoms with Crippen LogP contribution in [-0.2, 0) is 25.9 Å². The van der Waals surface area contributed by atoms with E-state index in [1.165, 1.54) is 18.2 Å². The Hall–Kier alpha value is -2.11. The van der Waals surface area contributed by atoms with Crippen molar-refractivity contribution in [2.45, 2.75) is 52.9 Å². The van der Waals surface area contributed by atoms with E-state index >= 15 is 0 Å². The molecule has 1 N–H and O–H groups in total. The normalized spacial score (nSPS) is 19.8. The fourth-order valence-electron chi connectivity index (χ4n) is 3.73. The highest BCUT2D eigenvalue weighted by atomic mass is 35.5. The molecular weight excluding hydrogens is 503 g/mol. The lowest BCUT2D eigenvalue weighted by atomic mass is 9.94. The van der Waals surface area contributed by atoms with Crippen molar-refractivity contribution in [3.8, 4) is 0 Å². The summed E-state index contributed by atoms with van der Waals surface area (Å²) in [4.78, 5) is 12.2. The van der Waals surface area contributed by atoms with Crippen LogP contribution in [-0.4, -0.2) is 40.3 Å². The van der Waals surface area contributed by atoms with E-state index < -0.39 is 42.6 Å². The third-order valence-electron chi connectivity index (χ3n) is 5.55. The lowest BCUT2D eigenvalue weighted by Crippen LogP contribution is -2.40. The van der Waals surface area contributed by atoms with Gasteiger partial charge in [0.15, 0.2) is 19.7 Å². The van der Waals surface area contributed by atoms with Crippen LogP contribution in [0.25, 0.3) is 0 Å². The maximum absolute atomic E-state index is 12.9. The minimum absolute atomic E-state index is 0.0237. The van der Waals surface area contributed by atoms with E-state index in [1.807, 2.05) is 0 Å². The van der Waals surface area contributed by atoms with E-state index in [0.29, 0.717) is 18.9 Å². The summed E-state index contributed by atoms with van der Waals surface area (Å²) in [5.41, 5.74) is -0.939. The van der Waals surface area contributed by atoms with Crippen LogP contribution in [0, 0.1) is 0 Å². The molecule has 0 heterocycles. The monoisotopic (exact) mass is 523 g/mol. The first-order valence-corrected chi connectivity index (χ1v) is 13.7. The SMILES string of the molecule is CS(=O)(=O)c1ccc(C(=O)N[C@H]2CC[C@@H](S(=O)(=O)c3cccc(C(F)(F)F)c3)CC2)c(Cl)c1. The summed E-state index contributed by atoms with van der Waals surface area (Å²) >= 11 is 6.06. The Labute approximate surface area is 195 Å². The standard InChI is InChI=1S/C21H21ClF3NO5S2/c1-32(28,29)16-9-10-18(19(22)12-16)20(27)26-14-5-7-15(8-6-14)33(30,31)17-4-2-3-13(11-17)21(23,24)25/h2-4,9-12,14-15H,5-8H2,1H3,(H,26,27)/t14-,15+. The molecule has 6 nitrogen and oxygen atoms in total. The number of carbonyl (C=O) groups excluding carboxylic acids is 1. The Kier molecular flexibility index (Phi) is 7.16. The largest absolute Gasteiger partial charge is 0.416 e. The van der Waals surface area contributed by atoms with Crippen molar-refractivity contribution in [1.82, 2.24) is 5.32 Å². The van der Waals surface area contributed by atoms with Crippen molar-refractivity contribution < 1.29 is 34.8 Å². The molecule has 1 fully saturated rings. The minimum Gasteiger partial charge on any atom is -0.349 e. The Balaban J connectivity index is 1.66. The predicted molar refractivity (Wildman–Crippen MR) is 117 cm³/mol. The Bertz CT molecular complexity index is 1270. The first-order valence-electron chi connectivity index (χ1n) is 9.91. The lowest BCUT2D eigenvalue weighted by molar-refractivity contribution is -0.137. The molecule has 0 aliphatic heterocycles. The molecule has 0 saturated heterocycles. The molecule has 33 heavy (non-hydrogen) atoms. The van der Waals surface area contributed by atoms with Gasteiger partial charge >= 0.3 is 6.18 Å². The Morgan fingerprint density at radius 1 is 0.970 bits per heavy atom. The van der Waals surface area contributed by atoms with Gasteiger partial charge in [-0.05, 0) is 62.1 Å². The van der Waals surface area contributed by atoms with Gasteiger partial charge in [0.05, 0.1) is 31.2 Å². The van der Waals surface area contributed by atoms with E-state index in [2.05, 4.69) is 5.32 Å². The molecule has 0 aromatic heterocycles. The second-order valence-corrected chi connectivity index (χ2v) is 12.6. The molecule has 0 atom stereocenters. The van der Waals surface area contributed by atoms with Gasteiger partial charge in [0.25, 0.3) is 5.91 Å². The van der Waals surface area contributed by atoms with Crippen molar-refractivity contribution in [3.63, 3.8) is 0 Å². The maximum atomic E-state index is 12.9. The molecule has 0 bridgehead atoms. The van der Waals surface area contributed by atoms with Crippen molar-refractivity contribution >= 4 is 37.2 Å². The first-order chi connectivity index (χ1) is 15.2. The van der Waals surface area contributed by atoms with E-state index in [0.717, 1.165) is 24.5 Å². The number of nitrogens with one attached hydrogen (secondary N) is 1. The fourth-order valence-corrected chi connectivity index (χ4v) is 6.55. The fraction of sp³-hybridized carbons (Fsp3) is 0.381. The van der Waals surface area contributed by atoms with Crippen molar-refractivity contribution in [1.29, 1.82) is 0 Å². The number of hydrogen-bond donors (Lipinski definition) is 1. The third-order valence-corrected chi connectivity index (χ3v) is 9.23. The molecule has 2 aromatic rings. The summed E-state index contributed by atoms with van der Waals surface area (Å²) in [6, 6.07) is 7.10. The molecule has 0 unspecified atom stereocenters. The second kappa shape index (κ2) is 9.27. The third kappa shape index (κ3) is 5.88. The van der Waals surface area contributed by atoms with Gasteiger partial charge in [0, 0.05) is 12.3 Å². The van der Waals surface area contributed by atoms with Gasteiger partial charge in [-0.1, -0.05) is 17.7 Å². The zero-order valence-corrected chi connectivity index (χ0v) is 19.8. The van der Waals surface area contributed by atoms with Crippen LogP contribution in [0.15, 0.2) is 52.3 Å². The quantitative estimate of drug-likeness (QED) is 0.631. The first kappa shape index (κ1) is 25.5. The number of alkyl halides is 3. The summed E-state index contributed by atoms with van der Waals surface area (Å²) in [6.07, 6.45) is -2.66. The van der Waals surface area contributed by atoms with Crippen LogP contribution in [0.2, 0.25) is 5.02 Å². The summed E-state index contributed by atoms with van der Waals surface area (Å²) < 4.78 is 87.7. The topological polar surface area (TPSA) is 97.4 Å². The molecule has 0 spiro atoms. The number of amides is 1. The van der Waals surface area contributed by atoms with Gasteiger partial charge in [-0.2, -0.15) is 13.2 Å². The van der Waals surface area contributed by atoms with Crippen LogP contribution in [0.5, 0.6) is 0 Å². The van der Waals surface area contributed by atoms with E-state index in [9.17, 15) is 34.8 Å². The molecule has 2 aromatic carbocycles. The van der Waals surface area contributed by atoms with Crippen LogP contribution < -0.4 is 5.32 Å². The number of sulfone groups is 2. The molecule has 1 aliphatic rings. The zero-order valence-electron chi connectivity index (χ0n) is 17.4. The average Bonchev–Trinajstić information content (AvgIpc) is 2.73. The van der Waals surface area contributed by atoms with Crippen molar-refractivity contribution in [2.75, 3.05) is 6.26 Å². The number of carbonyl (C=O) groups is 1. The number of benzene rings is 2. The Morgan fingerprint density at radius 2 is 1.61 bits per heavy atom. The van der Waals surface area contributed by atoms with Gasteiger partial charge in [-0.25, -0.2) is 16.8 Å². The van der Waals surface area contributed by atoms with E-state index in [1.54, 1.807) is 0 Å². The summed E-state index contributed by atoms with van der Waals surface area (Å²) in [6.45, 7) is 0. The predicted octanol–water partition coefficient (Wildman–Crippen LogP) is 4.28. The minimum atomic E-state index is -4.64. The van der Waals surface area contributed by atoms with E-state index in [4.69, 9.17) is 11.6 Å². The zero-order chi connectivity index (χ0) is 24.6. The molecule has 180 valence electrons. The van der Waals surface area contributed by atoms with Crippen molar-refractivity contribution in [2.24, 2.45) is 0 Å². The number of rotatable bonds is 5. The lowest BCUT2D eigenvalue weighted by Gasteiger charge is -2.29. The summed E-state index contributed by atoms with van der Waals surface area (Å²) in [7, 11) is -7.45. The Morgan fingerprint density at radius 3 is 2.15 bits per heavy atom. The molecule has 12 heteroatoms. The van der Waals surface area contributed by atoms with E-state index in [-0.39, 0.29) is 39.3 Å². The van der Waals surface area contributed by atoms with Crippen LogP contribution in [0.1, 0.15) is 41.6 Å². The molecule has 0 radical (unpaired) electrons. The summed E-state index contributed by atoms with van der Waals surface area (Å²) in [5, 5.41) is 1.87. The number of halogens is 4. The van der Waals surface area contributed by atoms with Gasteiger partial charge in [0.2, 0.25) is 0 Å².